The SMILES string of the molecule is CC(c1cc(Cl)n[nH]c1=O)n1cc(NC(=O)[C@@H](NC(=O)c2ccnn2C(C)C)[C@H]2CC[C@H](C)CC2)cn1. The third kappa shape index (κ3) is 6.10. The number of aromatic amines is 1. The fourth-order valence-electron chi connectivity index (χ4n) is 4.82. The molecule has 11 nitrogen and oxygen atoms in total. The maximum absolute atomic E-state index is 13.5. The van der Waals surface area contributed by atoms with Crippen molar-refractivity contribution in [3.8, 4) is 0 Å². The molecule has 4 rings (SSSR count). The molecule has 3 aromatic heterocycles. The molecule has 0 saturated heterocycles. The van der Waals surface area contributed by atoms with Crippen LogP contribution in [0, 0.1) is 11.8 Å². The van der Waals surface area contributed by atoms with Crippen LogP contribution in [0.1, 0.15) is 81.5 Å². The standard InChI is InChI=1S/C25H33ClN8O3/c1-14(2)34-20(9-10-27-34)24(36)30-22(17-7-5-15(3)6-8-17)25(37)29-18-12-28-33(13-18)16(4)19-11-21(26)31-32-23(19)35/h9-17,22H,5-8H2,1-4H3,(H,29,37)(H,30,36)(H,32,35)/t15-,16?,17-,22-/m0/s1. The van der Waals surface area contributed by atoms with Crippen LogP contribution in [0.3, 0.4) is 0 Å². The van der Waals surface area contributed by atoms with Crippen molar-refractivity contribution in [3.05, 3.63) is 57.5 Å². The highest BCUT2D eigenvalue weighted by atomic mass is 35.5. The molecule has 2 atom stereocenters. The summed E-state index contributed by atoms with van der Waals surface area (Å²) in [5.41, 5.74) is 0.904. The lowest BCUT2D eigenvalue weighted by molar-refractivity contribution is -0.119. The van der Waals surface area contributed by atoms with Gasteiger partial charge in [-0.15, -0.1) is 0 Å². The Morgan fingerprint density at radius 2 is 1.89 bits per heavy atom. The van der Waals surface area contributed by atoms with Gasteiger partial charge in [0.2, 0.25) is 5.91 Å². The molecule has 3 heterocycles. The Morgan fingerprint density at radius 1 is 1.16 bits per heavy atom. The van der Waals surface area contributed by atoms with Crippen molar-refractivity contribution in [2.45, 2.75) is 71.5 Å². The second kappa shape index (κ2) is 11.3. The van der Waals surface area contributed by atoms with Crippen LogP contribution in [0.15, 0.2) is 35.5 Å². The van der Waals surface area contributed by atoms with Crippen molar-refractivity contribution >= 4 is 29.1 Å². The first-order valence-corrected chi connectivity index (χ1v) is 13.0. The molecule has 0 aromatic carbocycles. The average Bonchev–Trinajstić information content (AvgIpc) is 3.54. The third-order valence-electron chi connectivity index (χ3n) is 7.01. The van der Waals surface area contributed by atoms with Gasteiger partial charge in [-0.1, -0.05) is 31.4 Å². The topological polar surface area (TPSA) is 140 Å². The van der Waals surface area contributed by atoms with Crippen molar-refractivity contribution in [1.29, 1.82) is 0 Å². The van der Waals surface area contributed by atoms with Gasteiger partial charge in [0.25, 0.3) is 11.5 Å². The van der Waals surface area contributed by atoms with Gasteiger partial charge in [0, 0.05) is 24.0 Å². The van der Waals surface area contributed by atoms with Crippen LogP contribution in [0.4, 0.5) is 5.69 Å². The van der Waals surface area contributed by atoms with Gasteiger partial charge in [0.15, 0.2) is 0 Å². The summed E-state index contributed by atoms with van der Waals surface area (Å²) in [6, 6.07) is 2.00. The Bertz CT molecular complexity index is 1310. The van der Waals surface area contributed by atoms with Gasteiger partial charge in [-0.2, -0.15) is 15.3 Å². The number of hydrogen-bond donors (Lipinski definition) is 3. The molecule has 3 N–H and O–H groups in total. The summed E-state index contributed by atoms with van der Waals surface area (Å²) >= 11 is 5.94. The number of nitrogens with one attached hydrogen (secondary N) is 3. The number of anilines is 1. The predicted octanol–water partition coefficient (Wildman–Crippen LogP) is 3.57. The van der Waals surface area contributed by atoms with Crippen LogP contribution in [0.5, 0.6) is 0 Å². The van der Waals surface area contributed by atoms with Gasteiger partial charge in [-0.3, -0.25) is 23.7 Å². The van der Waals surface area contributed by atoms with Crippen LogP contribution in [0.25, 0.3) is 0 Å². The van der Waals surface area contributed by atoms with E-state index < -0.39 is 12.1 Å². The Balaban J connectivity index is 1.52. The van der Waals surface area contributed by atoms with Crippen LogP contribution in [-0.4, -0.2) is 47.6 Å². The highest BCUT2D eigenvalue weighted by Gasteiger charge is 2.33. The molecule has 2 amide bonds. The number of aromatic nitrogens is 6. The summed E-state index contributed by atoms with van der Waals surface area (Å²) in [6.45, 7) is 7.90. The van der Waals surface area contributed by atoms with Gasteiger partial charge in [0.1, 0.15) is 16.9 Å². The van der Waals surface area contributed by atoms with Crippen molar-refractivity contribution in [2.75, 3.05) is 5.32 Å². The van der Waals surface area contributed by atoms with Crippen molar-refractivity contribution in [2.24, 2.45) is 11.8 Å². The van der Waals surface area contributed by atoms with E-state index in [0.29, 0.717) is 22.9 Å². The third-order valence-corrected chi connectivity index (χ3v) is 7.20. The minimum Gasteiger partial charge on any atom is -0.339 e. The molecule has 1 saturated carbocycles. The average molecular weight is 529 g/mol. The molecule has 198 valence electrons. The smallest absolute Gasteiger partial charge is 0.270 e. The van der Waals surface area contributed by atoms with E-state index in [1.165, 1.54) is 12.3 Å². The highest BCUT2D eigenvalue weighted by Crippen LogP contribution is 2.31. The molecule has 1 aliphatic rings. The molecule has 1 unspecified atom stereocenters. The van der Waals surface area contributed by atoms with E-state index in [1.54, 1.807) is 34.7 Å². The van der Waals surface area contributed by atoms with E-state index in [-0.39, 0.29) is 34.5 Å². The van der Waals surface area contributed by atoms with Gasteiger partial charge >= 0.3 is 0 Å². The van der Waals surface area contributed by atoms with E-state index in [0.717, 1.165) is 25.7 Å². The second-order valence-corrected chi connectivity index (χ2v) is 10.5. The molecule has 0 radical (unpaired) electrons. The minimum atomic E-state index is -0.710. The van der Waals surface area contributed by atoms with Crippen LogP contribution in [0.2, 0.25) is 5.15 Å². The minimum absolute atomic E-state index is 0.00824. The molecule has 0 aliphatic heterocycles. The Kier molecular flexibility index (Phi) is 8.11. The lowest BCUT2D eigenvalue weighted by Crippen LogP contribution is -2.49. The Hall–Kier alpha value is -3.47. The summed E-state index contributed by atoms with van der Waals surface area (Å²) in [5, 5.41) is 20.7. The molecular formula is C25H33ClN8O3. The van der Waals surface area contributed by atoms with Crippen molar-refractivity contribution in [3.63, 3.8) is 0 Å². The summed E-state index contributed by atoms with van der Waals surface area (Å²) in [7, 11) is 0. The van der Waals surface area contributed by atoms with E-state index in [1.807, 2.05) is 13.8 Å². The Morgan fingerprint density at radius 3 is 2.59 bits per heavy atom. The van der Waals surface area contributed by atoms with E-state index in [4.69, 9.17) is 11.6 Å². The maximum atomic E-state index is 13.5. The maximum Gasteiger partial charge on any atom is 0.270 e. The number of nitrogens with zero attached hydrogens (tertiary/aromatic N) is 5. The van der Waals surface area contributed by atoms with Gasteiger partial charge in [-0.05, 0) is 57.6 Å². The number of halogens is 1. The zero-order chi connectivity index (χ0) is 26.7. The molecular weight excluding hydrogens is 496 g/mol. The summed E-state index contributed by atoms with van der Waals surface area (Å²) < 4.78 is 3.21. The molecule has 0 spiro atoms. The van der Waals surface area contributed by atoms with Crippen LogP contribution < -0.4 is 16.2 Å². The highest BCUT2D eigenvalue weighted by molar-refractivity contribution is 6.29. The summed E-state index contributed by atoms with van der Waals surface area (Å²) in [6.07, 6.45) is 8.46. The number of H-pyrrole nitrogens is 1. The number of amides is 2. The molecule has 37 heavy (non-hydrogen) atoms. The number of hydrogen-bond acceptors (Lipinski definition) is 6. The van der Waals surface area contributed by atoms with E-state index >= 15 is 0 Å². The van der Waals surface area contributed by atoms with E-state index in [2.05, 4.69) is 38.0 Å². The normalized spacial score (nSPS) is 19.4. The molecule has 1 aliphatic carbocycles. The first-order valence-electron chi connectivity index (χ1n) is 12.6. The fourth-order valence-corrected chi connectivity index (χ4v) is 4.98. The first-order chi connectivity index (χ1) is 17.6. The zero-order valence-corrected chi connectivity index (χ0v) is 22.2. The fraction of sp³-hybridized carbons (Fsp3) is 0.520. The predicted molar refractivity (Wildman–Crippen MR) is 140 cm³/mol. The first kappa shape index (κ1) is 26.6. The number of carbonyl (C=O) groups excluding carboxylic acids is 2. The monoisotopic (exact) mass is 528 g/mol. The quantitative estimate of drug-likeness (QED) is 0.408. The lowest BCUT2D eigenvalue weighted by atomic mass is 9.79. The lowest BCUT2D eigenvalue weighted by Gasteiger charge is -2.32. The molecule has 12 heteroatoms. The van der Waals surface area contributed by atoms with E-state index in [9.17, 15) is 14.4 Å². The van der Waals surface area contributed by atoms with Crippen LogP contribution >= 0.6 is 11.6 Å². The second-order valence-electron chi connectivity index (χ2n) is 10.1. The largest absolute Gasteiger partial charge is 0.339 e. The molecule has 0 bridgehead atoms. The number of carbonyl (C=O) groups is 2. The number of rotatable bonds is 8. The summed E-state index contributed by atoms with van der Waals surface area (Å²) in [5.74, 6) is -0.0201. The van der Waals surface area contributed by atoms with Gasteiger partial charge < -0.3 is 10.6 Å². The van der Waals surface area contributed by atoms with Crippen molar-refractivity contribution in [1.82, 2.24) is 35.1 Å². The molecule has 3 aromatic rings. The van der Waals surface area contributed by atoms with Gasteiger partial charge in [0.05, 0.1) is 17.9 Å². The summed E-state index contributed by atoms with van der Waals surface area (Å²) in [4.78, 5) is 38.9. The van der Waals surface area contributed by atoms with Gasteiger partial charge in [-0.25, -0.2) is 5.10 Å². The zero-order valence-electron chi connectivity index (χ0n) is 21.4. The van der Waals surface area contributed by atoms with Crippen LogP contribution in [-0.2, 0) is 4.79 Å². The van der Waals surface area contributed by atoms with Crippen molar-refractivity contribution < 1.29 is 9.59 Å². The molecule has 1 fully saturated rings. The Labute approximate surface area is 220 Å².